The Morgan fingerprint density at radius 1 is 0.892 bits per heavy atom. The molecule has 9 fully saturated rings. The second kappa shape index (κ2) is 7.96. The molecule has 9 aliphatic rings. The Bertz CT molecular complexity index is 986. The predicted octanol–water partition coefficient (Wildman–Crippen LogP) is 4.06. The van der Waals surface area contributed by atoms with Crippen molar-refractivity contribution in [3.05, 3.63) is 0 Å². The maximum Gasteiger partial charge on any atom is 0.312 e. The monoisotopic (exact) mass is 522 g/mol. The summed E-state index contributed by atoms with van der Waals surface area (Å²) < 4.78 is 50.5. The van der Waals surface area contributed by atoms with Crippen LogP contribution in [0.2, 0.25) is 0 Å². The molecule has 5 atom stereocenters. The summed E-state index contributed by atoms with van der Waals surface area (Å²) in [6, 6.07) is 0. The SMILES string of the molecule is CC(F)(F)COC(=O)C12CC3CC(C1)C1(OCC(COC(=O)C45CC6CC(C4)C(=O)C(C6)C5)O1)C(C3)C2. The van der Waals surface area contributed by atoms with E-state index in [1.165, 1.54) is 0 Å². The molecular formula is C28H36F2O7. The first-order valence-electron chi connectivity index (χ1n) is 14.1. The molecule has 1 spiro atoms. The van der Waals surface area contributed by atoms with Crippen LogP contribution in [0.25, 0.3) is 0 Å². The lowest BCUT2D eigenvalue weighted by Crippen LogP contribution is -2.63. The predicted molar refractivity (Wildman–Crippen MR) is 123 cm³/mol. The number of carbonyl (C=O) groups excluding carboxylic acids is 3. The quantitative estimate of drug-likeness (QED) is 0.486. The molecule has 0 aromatic carbocycles. The second-order valence-electron chi connectivity index (χ2n) is 13.7. The summed E-state index contributed by atoms with van der Waals surface area (Å²) in [7, 11) is 0. The lowest BCUT2D eigenvalue weighted by atomic mass is 9.47. The van der Waals surface area contributed by atoms with E-state index in [4.69, 9.17) is 18.9 Å². The minimum Gasteiger partial charge on any atom is -0.462 e. The first-order chi connectivity index (χ1) is 17.5. The molecule has 8 saturated carbocycles. The van der Waals surface area contributed by atoms with Crippen LogP contribution in [0, 0.1) is 46.3 Å². The van der Waals surface area contributed by atoms with Gasteiger partial charge in [0.25, 0.3) is 5.92 Å². The van der Waals surface area contributed by atoms with Crippen LogP contribution in [0.5, 0.6) is 0 Å². The van der Waals surface area contributed by atoms with Gasteiger partial charge in [-0.3, -0.25) is 14.4 Å². The number of carbonyl (C=O) groups is 3. The molecule has 8 aliphatic carbocycles. The number of rotatable bonds is 6. The fourth-order valence-electron chi connectivity index (χ4n) is 9.90. The first-order valence-corrected chi connectivity index (χ1v) is 14.1. The molecule has 1 aliphatic heterocycles. The van der Waals surface area contributed by atoms with Crippen LogP contribution in [0.1, 0.15) is 71.1 Å². The summed E-state index contributed by atoms with van der Waals surface area (Å²) in [5.74, 6) is -3.41. The van der Waals surface area contributed by atoms with Gasteiger partial charge >= 0.3 is 11.9 Å². The van der Waals surface area contributed by atoms with Crippen LogP contribution < -0.4 is 0 Å². The van der Waals surface area contributed by atoms with Gasteiger partial charge < -0.3 is 18.9 Å². The van der Waals surface area contributed by atoms with Gasteiger partial charge in [-0.05, 0) is 76.0 Å². The van der Waals surface area contributed by atoms with Crippen molar-refractivity contribution in [3.63, 3.8) is 0 Å². The van der Waals surface area contributed by atoms with Crippen molar-refractivity contribution in [2.45, 2.75) is 88.9 Å². The molecule has 8 bridgehead atoms. The van der Waals surface area contributed by atoms with Crippen molar-refractivity contribution in [3.8, 4) is 0 Å². The van der Waals surface area contributed by atoms with Crippen LogP contribution in [-0.4, -0.2) is 55.4 Å². The number of Topliss-reactive ketones (excluding diaryl/α,β-unsaturated/α-hetero) is 1. The zero-order valence-corrected chi connectivity index (χ0v) is 21.3. The van der Waals surface area contributed by atoms with Crippen molar-refractivity contribution in [1.29, 1.82) is 0 Å². The van der Waals surface area contributed by atoms with Crippen molar-refractivity contribution < 1.29 is 42.1 Å². The topological polar surface area (TPSA) is 88.1 Å². The molecule has 1 heterocycles. The van der Waals surface area contributed by atoms with Crippen LogP contribution in [0.4, 0.5) is 8.78 Å². The number of esters is 2. The molecule has 5 unspecified atom stereocenters. The van der Waals surface area contributed by atoms with E-state index in [1.54, 1.807) is 0 Å². The number of halogens is 2. The van der Waals surface area contributed by atoms with Gasteiger partial charge in [0.1, 0.15) is 18.5 Å². The van der Waals surface area contributed by atoms with E-state index in [9.17, 15) is 23.2 Å². The van der Waals surface area contributed by atoms with Gasteiger partial charge in [-0.2, -0.15) is 0 Å². The number of hydrogen-bond acceptors (Lipinski definition) is 7. The molecule has 0 aromatic rings. The van der Waals surface area contributed by atoms with Gasteiger partial charge in [-0.25, -0.2) is 8.78 Å². The summed E-state index contributed by atoms with van der Waals surface area (Å²) >= 11 is 0. The summed E-state index contributed by atoms with van der Waals surface area (Å²) in [5, 5.41) is 0. The van der Waals surface area contributed by atoms with Crippen LogP contribution in [0.3, 0.4) is 0 Å². The Morgan fingerprint density at radius 3 is 2.08 bits per heavy atom. The third kappa shape index (κ3) is 3.73. The normalized spacial score (nSPS) is 49.2. The minimum atomic E-state index is -3.05. The molecular weight excluding hydrogens is 486 g/mol. The lowest BCUT2D eigenvalue weighted by molar-refractivity contribution is -0.308. The lowest BCUT2D eigenvalue weighted by Gasteiger charge is -2.61. The molecule has 7 nitrogen and oxygen atoms in total. The zero-order valence-electron chi connectivity index (χ0n) is 21.3. The Kier molecular flexibility index (Phi) is 5.26. The highest BCUT2D eigenvalue weighted by Gasteiger charge is 2.68. The third-order valence-corrected chi connectivity index (χ3v) is 10.9. The highest BCUT2D eigenvalue weighted by atomic mass is 19.3. The Morgan fingerprint density at radius 2 is 1.46 bits per heavy atom. The number of ether oxygens (including phenoxy) is 4. The molecule has 204 valence electrons. The summed E-state index contributed by atoms with van der Waals surface area (Å²) in [6.45, 7) is 0.309. The Balaban J connectivity index is 0.993. The van der Waals surface area contributed by atoms with Gasteiger partial charge in [0.05, 0.1) is 17.4 Å². The van der Waals surface area contributed by atoms with Crippen molar-refractivity contribution in [2.75, 3.05) is 19.8 Å². The maximum atomic E-state index is 13.3. The Hall–Kier alpha value is -1.61. The molecule has 0 N–H and O–H groups in total. The highest BCUT2D eigenvalue weighted by Crippen LogP contribution is 2.66. The van der Waals surface area contributed by atoms with Crippen molar-refractivity contribution in [2.24, 2.45) is 46.3 Å². The molecule has 37 heavy (non-hydrogen) atoms. The second-order valence-corrected chi connectivity index (χ2v) is 13.7. The van der Waals surface area contributed by atoms with Crippen molar-refractivity contribution >= 4 is 17.7 Å². The molecule has 9 heteroatoms. The standard InChI is InChI=1S/C28H36F2O7/c1-25(29,30)14-35-24(33)27-7-16-4-19(10-27)28(20(5-16)11-27)36-13-21(37-28)12-34-23(32)26-6-15-2-17(8-26)22(31)18(3-15)9-26/h15-21H,2-14H2,1H3. The van der Waals surface area contributed by atoms with E-state index in [-0.39, 0.29) is 42.4 Å². The van der Waals surface area contributed by atoms with Gasteiger partial charge in [0.2, 0.25) is 0 Å². The summed E-state index contributed by atoms with van der Waals surface area (Å²) in [5.41, 5.74) is -1.26. The number of hydrogen-bond donors (Lipinski definition) is 0. The summed E-state index contributed by atoms with van der Waals surface area (Å²) in [6.07, 6.45) is 7.01. The third-order valence-electron chi connectivity index (χ3n) is 10.9. The molecule has 0 radical (unpaired) electrons. The fraction of sp³-hybridized carbons (Fsp3) is 0.893. The van der Waals surface area contributed by atoms with Crippen molar-refractivity contribution in [1.82, 2.24) is 0 Å². The molecule has 0 amide bonds. The largest absolute Gasteiger partial charge is 0.462 e. The first kappa shape index (κ1) is 24.4. The minimum absolute atomic E-state index is 0.0108. The smallest absolute Gasteiger partial charge is 0.312 e. The van der Waals surface area contributed by atoms with Gasteiger partial charge in [0, 0.05) is 30.6 Å². The van der Waals surface area contributed by atoms with Gasteiger partial charge in [-0.1, -0.05) is 0 Å². The van der Waals surface area contributed by atoms with Crippen LogP contribution in [-0.2, 0) is 33.3 Å². The van der Waals surface area contributed by atoms with E-state index < -0.39 is 35.1 Å². The van der Waals surface area contributed by atoms with Gasteiger partial charge in [0.15, 0.2) is 12.4 Å². The van der Waals surface area contributed by atoms with E-state index >= 15 is 0 Å². The average molecular weight is 523 g/mol. The fourth-order valence-corrected chi connectivity index (χ4v) is 9.90. The number of ketones is 1. The van der Waals surface area contributed by atoms with Crippen LogP contribution in [0.15, 0.2) is 0 Å². The summed E-state index contributed by atoms with van der Waals surface area (Å²) in [4.78, 5) is 38.7. The zero-order chi connectivity index (χ0) is 25.8. The van der Waals surface area contributed by atoms with E-state index in [0.29, 0.717) is 56.3 Å². The molecule has 1 saturated heterocycles. The van der Waals surface area contributed by atoms with Crippen LogP contribution >= 0.6 is 0 Å². The van der Waals surface area contributed by atoms with E-state index in [2.05, 4.69) is 0 Å². The van der Waals surface area contributed by atoms with E-state index in [1.807, 2.05) is 0 Å². The molecule has 0 aromatic heterocycles. The highest BCUT2D eigenvalue weighted by molar-refractivity contribution is 5.89. The number of alkyl halides is 2. The molecule has 9 rings (SSSR count). The Labute approximate surface area is 215 Å². The van der Waals surface area contributed by atoms with E-state index in [0.717, 1.165) is 39.0 Å². The maximum absolute atomic E-state index is 13.3. The average Bonchev–Trinajstić information content (AvgIpc) is 3.26. The van der Waals surface area contributed by atoms with Gasteiger partial charge in [-0.15, -0.1) is 0 Å².